The Morgan fingerprint density at radius 2 is 2.05 bits per heavy atom. The molecule has 5 heteroatoms. The van der Waals surface area contributed by atoms with Crippen LogP contribution in [0.4, 0.5) is 5.69 Å². The molecule has 2 aromatic heterocycles. The number of aromatic nitrogens is 3. The zero-order valence-electron chi connectivity index (χ0n) is 12.7. The molecule has 5 nitrogen and oxygen atoms in total. The second-order valence-corrected chi connectivity index (χ2v) is 5.23. The molecule has 0 saturated heterocycles. The molecule has 0 spiro atoms. The van der Waals surface area contributed by atoms with Crippen LogP contribution in [0.2, 0.25) is 0 Å². The Kier molecular flexibility index (Phi) is 3.87. The molecule has 0 aliphatic heterocycles. The molecule has 1 N–H and O–H groups in total. The Labute approximate surface area is 129 Å². The summed E-state index contributed by atoms with van der Waals surface area (Å²) in [5, 5.41) is 8.37. The highest BCUT2D eigenvalue weighted by Gasteiger charge is 2.11. The summed E-state index contributed by atoms with van der Waals surface area (Å²) in [5.74, 6) is 0.0109. The molecule has 3 aromatic rings. The number of hydrogen-bond acceptors (Lipinski definition) is 3. The lowest BCUT2D eigenvalue weighted by atomic mass is 10.2. The van der Waals surface area contributed by atoms with Gasteiger partial charge in [-0.15, -0.1) is 0 Å². The Morgan fingerprint density at radius 1 is 1.27 bits per heavy atom. The number of nitrogens with zero attached hydrogens (tertiary/aromatic N) is 3. The number of hydrogen-bond donors (Lipinski definition) is 1. The van der Waals surface area contributed by atoms with Crippen LogP contribution in [0.25, 0.3) is 16.7 Å². The molecule has 1 aromatic carbocycles. The van der Waals surface area contributed by atoms with Crippen LogP contribution in [0.5, 0.6) is 0 Å². The molecule has 0 saturated carbocycles. The predicted molar refractivity (Wildman–Crippen MR) is 87.1 cm³/mol. The molecule has 0 fully saturated rings. The van der Waals surface area contributed by atoms with Gasteiger partial charge >= 0.3 is 0 Å². The third-order valence-corrected chi connectivity index (χ3v) is 3.47. The van der Waals surface area contributed by atoms with Crippen molar-refractivity contribution in [1.82, 2.24) is 14.8 Å². The number of carbonyl (C=O) groups is 1. The molecule has 112 valence electrons. The smallest absolute Gasteiger partial charge is 0.224 e. The lowest BCUT2D eigenvalue weighted by Gasteiger charge is -2.05. The van der Waals surface area contributed by atoms with Gasteiger partial charge in [0.15, 0.2) is 5.65 Å². The Balaban J connectivity index is 2.00. The minimum atomic E-state index is 0.0109. The third-order valence-electron chi connectivity index (χ3n) is 3.47. The number of fused-ring (bicyclic) bond motifs is 1. The van der Waals surface area contributed by atoms with Gasteiger partial charge in [-0.1, -0.05) is 25.1 Å². The lowest BCUT2D eigenvalue weighted by Crippen LogP contribution is -2.10. The molecule has 3 rings (SSSR count). The van der Waals surface area contributed by atoms with E-state index >= 15 is 0 Å². The number of aryl methyl sites for hydroxylation is 1. The van der Waals surface area contributed by atoms with Crippen molar-refractivity contribution in [2.24, 2.45) is 0 Å². The van der Waals surface area contributed by atoms with Gasteiger partial charge in [-0.3, -0.25) is 4.79 Å². The normalized spacial score (nSPS) is 10.8. The highest BCUT2D eigenvalue weighted by Crippen LogP contribution is 2.22. The molecule has 0 aliphatic carbocycles. The summed E-state index contributed by atoms with van der Waals surface area (Å²) >= 11 is 0. The van der Waals surface area contributed by atoms with Crippen LogP contribution in [-0.4, -0.2) is 20.7 Å². The van der Waals surface area contributed by atoms with E-state index in [0.717, 1.165) is 28.8 Å². The van der Waals surface area contributed by atoms with Crippen LogP contribution in [0.1, 0.15) is 25.5 Å². The summed E-state index contributed by atoms with van der Waals surface area (Å²) in [6.07, 6.45) is 3.02. The van der Waals surface area contributed by atoms with Gasteiger partial charge in [0.2, 0.25) is 5.91 Å². The molecule has 0 unspecified atom stereocenters. The second-order valence-electron chi connectivity index (χ2n) is 5.23. The van der Waals surface area contributed by atoms with Gasteiger partial charge in [-0.25, -0.2) is 9.67 Å². The van der Waals surface area contributed by atoms with Crippen molar-refractivity contribution in [3.63, 3.8) is 0 Å². The van der Waals surface area contributed by atoms with E-state index in [1.54, 1.807) is 6.20 Å². The summed E-state index contributed by atoms with van der Waals surface area (Å²) < 4.78 is 1.82. The van der Waals surface area contributed by atoms with Crippen LogP contribution in [0, 0.1) is 6.92 Å². The molecule has 0 bridgehead atoms. The summed E-state index contributed by atoms with van der Waals surface area (Å²) in [6.45, 7) is 3.93. The molecule has 2 heterocycles. The average molecular weight is 294 g/mol. The van der Waals surface area contributed by atoms with E-state index in [4.69, 9.17) is 0 Å². The maximum absolute atomic E-state index is 11.7. The van der Waals surface area contributed by atoms with Crippen molar-refractivity contribution in [3.05, 3.63) is 48.3 Å². The highest BCUT2D eigenvalue weighted by molar-refractivity contribution is 5.93. The van der Waals surface area contributed by atoms with E-state index in [0.29, 0.717) is 12.1 Å². The first kappa shape index (κ1) is 14.3. The van der Waals surface area contributed by atoms with E-state index < -0.39 is 0 Å². The van der Waals surface area contributed by atoms with Crippen molar-refractivity contribution in [3.8, 4) is 5.69 Å². The fourth-order valence-corrected chi connectivity index (χ4v) is 2.41. The minimum absolute atomic E-state index is 0.0109. The molecule has 22 heavy (non-hydrogen) atoms. The van der Waals surface area contributed by atoms with Crippen LogP contribution in [0.3, 0.4) is 0 Å². The summed E-state index contributed by atoms with van der Waals surface area (Å²) in [5.41, 5.74) is 3.35. The average Bonchev–Trinajstić information content (AvgIpc) is 2.85. The van der Waals surface area contributed by atoms with Crippen molar-refractivity contribution < 1.29 is 4.79 Å². The number of pyridine rings is 1. The maximum Gasteiger partial charge on any atom is 0.224 e. The molecule has 0 radical (unpaired) electrons. The first-order valence-corrected chi connectivity index (χ1v) is 7.39. The van der Waals surface area contributed by atoms with Gasteiger partial charge in [-0.05, 0) is 31.5 Å². The largest absolute Gasteiger partial charge is 0.325 e. The molecule has 1 amide bonds. The topological polar surface area (TPSA) is 59.8 Å². The number of benzene rings is 1. The maximum atomic E-state index is 11.7. The van der Waals surface area contributed by atoms with Crippen LogP contribution in [-0.2, 0) is 4.79 Å². The molecule has 0 atom stereocenters. The highest BCUT2D eigenvalue weighted by atomic mass is 16.1. The van der Waals surface area contributed by atoms with Crippen molar-refractivity contribution in [2.45, 2.75) is 26.7 Å². The number of rotatable bonds is 4. The quantitative estimate of drug-likeness (QED) is 0.801. The first-order valence-electron chi connectivity index (χ1n) is 7.39. The first-order chi connectivity index (χ1) is 10.7. The Hall–Kier alpha value is -2.69. The third kappa shape index (κ3) is 2.70. The Morgan fingerprint density at radius 3 is 2.77 bits per heavy atom. The van der Waals surface area contributed by atoms with Crippen molar-refractivity contribution in [2.75, 3.05) is 5.32 Å². The van der Waals surface area contributed by atoms with E-state index in [1.165, 1.54) is 0 Å². The molecule has 0 aliphatic rings. The monoisotopic (exact) mass is 294 g/mol. The summed E-state index contributed by atoms with van der Waals surface area (Å²) in [4.78, 5) is 16.2. The number of carbonyl (C=O) groups excluding carboxylic acids is 1. The summed E-state index contributed by atoms with van der Waals surface area (Å²) in [7, 11) is 0. The van der Waals surface area contributed by atoms with Gasteiger partial charge in [-0.2, -0.15) is 5.10 Å². The van der Waals surface area contributed by atoms with Crippen molar-refractivity contribution >= 4 is 22.6 Å². The lowest BCUT2D eigenvalue weighted by molar-refractivity contribution is -0.116. The summed E-state index contributed by atoms with van der Waals surface area (Å²) in [6, 6.07) is 11.8. The zero-order valence-corrected chi connectivity index (χ0v) is 12.7. The molecular formula is C17H18N4O. The fourth-order valence-electron chi connectivity index (χ4n) is 2.41. The van der Waals surface area contributed by atoms with Gasteiger partial charge in [0, 0.05) is 11.8 Å². The van der Waals surface area contributed by atoms with Gasteiger partial charge in [0.05, 0.1) is 23.3 Å². The van der Waals surface area contributed by atoms with E-state index in [2.05, 4.69) is 15.4 Å². The van der Waals surface area contributed by atoms with Crippen LogP contribution < -0.4 is 5.32 Å². The SMILES string of the molecule is CCCC(=O)Nc1cnc2c(c1)c(C)nn2-c1ccccc1. The van der Waals surface area contributed by atoms with Crippen molar-refractivity contribution in [1.29, 1.82) is 0 Å². The van der Waals surface area contributed by atoms with Crippen LogP contribution >= 0.6 is 0 Å². The van der Waals surface area contributed by atoms with Gasteiger partial charge in [0.25, 0.3) is 0 Å². The number of nitrogens with one attached hydrogen (secondary N) is 1. The number of amides is 1. The van der Waals surface area contributed by atoms with E-state index in [9.17, 15) is 4.79 Å². The second kappa shape index (κ2) is 5.97. The zero-order chi connectivity index (χ0) is 15.5. The molecular weight excluding hydrogens is 276 g/mol. The minimum Gasteiger partial charge on any atom is -0.325 e. The van der Waals surface area contributed by atoms with E-state index in [1.807, 2.05) is 54.9 Å². The predicted octanol–water partition coefficient (Wildman–Crippen LogP) is 3.47. The van der Waals surface area contributed by atoms with Crippen LogP contribution in [0.15, 0.2) is 42.6 Å². The fraction of sp³-hybridized carbons (Fsp3) is 0.235. The van der Waals surface area contributed by atoms with Gasteiger partial charge in [0.1, 0.15) is 0 Å². The number of para-hydroxylation sites is 1. The Bertz CT molecular complexity index is 808. The number of anilines is 1. The standard InChI is InChI=1S/C17H18N4O/c1-3-7-16(22)19-13-10-15-12(2)20-21(17(15)18-11-13)14-8-5-4-6-9-14/h4-6,8-11H,3,7H2,1-2H3,(H,19,22). The van der Waals surface area contributed by atoms with Gasteiger partial charge < -0.3 is 5.32 Å². The van der Waals surface area contributed by atoms with E-state index in [-0.39, 0.29) is 5.91 Å².